The van der Waals surface area contributed by atoms with Crippen molar-refractivity contribution in [2.75, 3.05) is 0 Å². The molecule has 0 amide bonds. The molecule has 0 heterocycles. The first-order chi connectivity index (χ1) is 28.5. The van der Waals surface area contributed by atoms with Crippen molar-refractivity contribution in [3.63, 3.8) is 0 Å². The number of carbonyl (C=O) groups excluding carboxylic acids is 9. The molecule has 42 nitrogen and oxygen atoms in total. The normalized spacial score (nSPS) is 11.4. The third-order valence-electron chi connectivity index (χ3n) is 4.36. The van der Waals surface area contributed by atoms with Crippen LogP contribution in [0.5, 0.6) is 0 Å². The molecular formula is C18H24Fe4O42P6. The minimum absolute atomic E-state index is 0. The third kappa shape index (κ3) is 68.0. The fourth-order valence-electron chi connectivity index (χ4n) is 2.42. The Morgan fingerprint density at radius 1 is 0.300 bits per heavy atom. The van der Waals surface area contributed by atoms with E-state index >= 15 is 0 Å². The van der Waals surface area contributed by atoms with E-state index in [9.17, 15) is 175 Å². The SMILES string of the molecule is O=C([O-])CC(O)(CC(=O)[O-])C(=O)[O-].O=C([O-])CC(O)(CC(=O)[O-])C(=O)[O-].O=C([O-])CC(O)(CC(=O)[O-])C(=O)[O-].O=P([O-])([O-])OP(=O)([O-])[O-].O=P([O-])([O-])OP(=O)([O-])[O-].O=P([O-])([O-])OP(=O)([O-])[O-].[Fe+3].[Fe+3].[Fe+3].[Fe+3].[H+].[H+].[H+].[H+].[H+].[H+].[H+].[H+].[H+]. The van der Waals surface area contributed by atoms with Gasteiger partial charge in [0.05, 0.1) is 64.8 Å². The topological polar surface area (TPSA) is 829 Å². The van der Waals surface area contributed by atoms with E-state index in [-0.39, 0.29) is 81.1 Å². The van der Waals surface area contributed by atoms with Crippen LogP contribution in [0.4, 0.5) is 0 Å². The second-order valence-electron chi connectivity index (χ2n) is 10.2. The molecule has 0 aromatic heterocycles. The molecule has 4 radical (unpaired) electrons. The number of carboxylic acids is 9. The number of hydrogen-bond donors (Lipinski definition) is 3. The second kappa shape index (κ2) is 37.7. The number of hydrogen-bond acceptors (Lipinski definition) is 42. The minimum Gasteiger partial charge on any atom is -0.790 e. The van der Waals surface area contributed by atoms with E-state index in [2.05, 4.69) is 12.9 Å². The van der Waals surface area contributed by atoms with Crippen molar-refractivity contribution in [3.8, 4) is 0 Å². The monoisotopic (exact) mass is 1320 g/mol. The van der Waals surface area contributed by atoms with E-state index in [1.54, 1.807) is 0 Å². The standard InChI is InChI=1S/3C6H8O7.4Fe.3H4O7P2/c3*7-3(8)1-6(13,5(11)12)2-4(9)10;;;;;3*1-8(2,3)7-9(4,5)6/h3*13H,1-2H2,(H,7,8)(H,9,10)(H,11,12);;;;;3*(H2,1,2,3)(H2,4,5,6)/q;;;4*+3;;;/p-12. The molecule has 0 aliphatic rings. The number of rotatable bonds is 21. The third-order valence-corrected chi connectivity index (χ3v) is 9.16. The van der Waals surface area contributed by atoms with Gasteiger partial charge in [-0.25, -0.2) is 0 Å². The van der Waals surface area contributed by atoms with E-state index in [1.807, 2.05) is 0 Å². The van der Waals surface area contributed by atoms with Crippen LogP contribution in [0.25, 0.3) is 0 Å². The van der Waals surface area contributed by atoms with Crippen LogP contribution in [-0.2, 0) is 152 Å². The average Bonchev–Trinajstić information content (AvgIpc) is 2.90. The Kier molecular flexibility index (Phi) is 48.8. The van der Waals surface area contributed by atoms with Gasteiger partial charge in [0.15, 0.2) is 0 Å². The van der Waals surface area contributed by atoms with Crippen molar-refractivity contribution >= 4 is 101 Å². The molecule has 0 spiro atoms. The van der Waals surface area contributed by atoms with Gasteiger partial charge in [-0.3, -0.25) is 0 Å². The van der Waals surface area contributed by atoms with Gasteiger partial charge < -0.3 is 203 Å². The zero-order valence-electron chi connectivity index (χ0n) is 40.6. The molecule has 0 unspecified atom stereocenters. The van der Waals surface area contributed by atoms with E-state index < -0.39 is 156 Å². The van der Waals surface area contributed by atoms with Crippen LogP contribution < -0.4 is 105 Å². The van der Waals surface area contributed by atoms with Gasteiger partial charge in [0.1, 0.15) is 16.8 Å². The van der Waals surface area contributed by atoms with Gasteiger partial charge in [-0.15, -0.1) is 0 Å². The van der Waals surface area contributed by atoms with Crippen LogP contribution in [0.3, 0.4) is 0 Å². The Hall–Kier alpha value is -2.03. The molecule has 410 valence electrons. The summed E-state index contributed by atoms with van der Waals surface area (Å²) in [5.74, 6) is -18.0. The molecule has 0 aliphatic carbocycles. The average molecular weight is 1320 g/mol. The summed E-state index contributed by atoms with van der Waals surface area (Å²) in [6.07, 6.45) is -8.15. The van der Waals surface area contributed by atoms with Gasteiger partial charge in [0, 0.05) is 74.3 Å². The predicted octanol–water partition coefficient (Wildman–Crippen LogP) is -24.8. The zero-order valence-corrected chi connectivity index (χ0v) is 41.4. The van der Waals surface area contributed by atoms with Gasteiger partial charge in [-0.2, -0.15) is 0 Å². The first-order valence-corrected chi connectivity index (χ1v) is 22.5. The Morgan fingerprint density at radius 2 is 0.386 bits per heavy atom. The molecule has 0 aliphatic heterocycles. The van der Waals surface area contributed by atoms with Crippen molar-refractivity contribution in [1.29, 1.82) is 0 Å². The van der Waals surface area contributed by atoms with Crippen LogP contribution in [0.15, 0.2) is 0 Å². The van der Waals surface area contributed by atoms with Gasteiger partial charge in [-0.05, 0) is 0 Å². The summed E-state index contributed by atoms with van der Waals surface area (Å²) in [5.41, 5.74) is -8.92. The Balaban J connectivity index is -0.0000000314. The summed E-state index contributed by atoms with van der Waals surface area (Å²) in [4.78, 5) is 202. The van der Waals surface area contributed by atoms with E-state index in [4.69, 9.17) is 15.3 Å². The number of carbonyl (C=O) groups is 9. The van der Waals surface area contributed by atoms with Crippen LogP contribution in [0.1, 0.15) is 51.4 Å². The first-order valence-electron chi connectivity index (χ1n) is 13.7. The summed E-state index contributed by atoms with van der Waals surface area (Å²) in [7, 11) is -34.1. The quantitative estimate of drug-likeness (QED) is 0.0709. The summed E-state index contributed by atoms with van der Waals surface area (Å²) in [5, 5.41) is 117. The largest absolute Gasteiger partial charge is 3.00 e. The summed E-state index contributed by atoms with van der Waals surface area (Å²) >= 11 is 0. The van der Waals surface area contributed by atoms with E-state index in [0.29, 0.717) is 0 Å². The molecule has 0 saturated heterocycles. The number of aliphatic hydroxyl groups is 3. The maximum atomic E-state index is 10.1. The predicted molar refractivity (Wildman–Crippen MR) is 147 cm³/mol. The van der Waals surface area contributed by atoms with Crippen LogP contribution in [0, 0.1) is 0 Å². The van der Waals surface area contributed by atoms with Gasteiger partial charge in [0.25, 0.3) is 0 Å². The van der Waals surface area contributed by atoms with E-state index in [0.717, 1.165) is 0 Å². The molecule has 70 heavy (non-hydrogen) atoms. The van der Waals surface area contributed by atoms with Gasteiger partial charge in [0.2, 0.25) is 0 Å². The number of carboxylic acid groups (broad SMARTS) is 9. The van der Waals surface area contributed by atoms with Crippen LogP contribution >= 0.6 is 46.9 Å². The van der Waals surface area contributed by atoms with Gasteiger partial charge in [-0.1, -0.05) is 0 Å². The number of phosphoric acid groups is 6. The molecule has 0 rings (SSSR count). The molecule has 3 N–H and O–H groups in total. The van der Waals surface area contributed by atoms with Crippen LogP contribution in [-0.4, -0.2) is 85.8 Å². The first kappa shape index (κ1) is 90.7. The van der Waals surface area contributed by atoms with Crippen molar-refractivity contribution in [1.82, 2.24) is 0 Å². The van der Waals surface area contributed by atoms with Crippen molar-refractivity contribution in [3.05, 3.63) is 0 Å². The maximum Gasteiger partial charge on any atom is 3.00 e. The fourth-order valence-corrected chi connectivity index (χ4v) is 5.36. The number of aliphatic carboxylic acids is 9. The molecule has 0 bridgehead atoms. The summed E-state index contributed by atoms with van der Waals surface area (Å²) < 4.78 is 63.5. The Labute approximate surface area is 439 Å². The van der Waals surface area contributed by atoms with Crippen molar-refractivity contribution < 1.29 is 285 Å². The molecule has 0 aromatic rings. The Bertz CT molecular complexity index is 1710. The van der Waals surface area contributed by atoms with Crippen molar-refractivity contribution in [2.45, 2.75) is 55.3 Å². The summed E-state index contributed by atoms with van der Waals surface area (Å²) in [6.45, 7) is 0. The fraction of sp³-hybridized carbons (Fsp3) is 0.500. The van der Waals surface area contributed by atoms with Gasteiger partial charge >= 0.3 is 81.1 Å². The zero-order chi connectivity index (χ0) is 55.1. The molecule has 0 fully saturated rings. The molecule has 52 heteroatoms. The minimum atomic E-state index is -5.68. The molecule has 0 atom stereocenters. The van der Waals surface area contributed by atoms with Crippen LogP contribution in [0.2, 0.25) is 0 Å². The molecular weight excluding hydrogens is 1300 g/mol. The molecule has 0 saturated carbocycles. The Morgan fingerprint density at radius 3 is 0.414 bits per heavy atom. The maximum absolute atomic E-state index is 10.1. The second-order valence-corrected chi connectivity index (χ2v) is 17.5. The summed E-state index contributed by atoms with van der Waals surface area (Å²) in [6, 6.07) is 0. The molecule has 0 aromatic carbocycles. The smallest absolute Gasteiger partial charge is 0.790 e. The van der Waals surface area contributed by atoms with Crippen molar-refractivity contribution in [2.24, 2.45) is 0 Å². The van der Waals surface area contributed by atoms with E-state index in [1.165, 1.54) is 0 Å².